The molecule has 48 valence electrons. The SMILES string of the molecule is C=Cn1cncc1CC. The fraction of sp³-hybridized carbons (Fsp3) is 0.286. The van der Waals surface area contributed by atoms with Crippen LogP contribution in [0.1, 0.15) is 12.6 Å². The van der Waals surface area contributed by atoms with E-state index in [1.54, 1.807) is 12.5 Å². The molecule has 0 aromatic carbocycles. The summed E-state index contributed by atoms with van der Waals surface area (Å²) in [5.41, 5.74) is 1.20. The summed E-state index contributed by atoms with van der Waals surface area (Å²) >= 11 is 0. The van der Waals surface area contributed by atoms with Crippen molar-refractivity contribution in [2.75, 3.05) is 0 Å². The molecule has 1 aromatic heterocycles. The molecule has 1 aromatic rings. The minimum absolute atomic E-state index is 1.01. The van der Waals surface area contributed by atoms with Gasteiger partial charge in [-0.25, -0.2) is 4.98 Å². The third kappa shape index (κ3) is 1.02. The second-order valence-electron chi connectivity index (χ2n) is 1.83. The maximum Gasteiger partial charge on any atom is 0.0989 e. The molecule has 0 aliphatic carbocycles. The number of rotatable bonds is 2. The number of nitrogens with zero attached hydrogens (tertiary/aromatic N) is 2. The van der Waals surface area contributed by atoms with Gasteiger partial charge >= 0.3 is 0 Å². The molecule has 2 heteroatoms. The van der Waals surface area contributed by atoms with Crippen LogP contribution in [0.3, 0.4) is 0 Å². The number of aryl methyl sites for hydroxylation is 1. The highest BCUT2D eigenvalue weighted by molar-refractivity contribution is 5.20. The van der Waals surface area contributed by atoms with E-state index in [0.717, 1.165) is 6.42 Å². The molecular weight excluding hydrogens is 112 g/mol. The zero-order chi connectivity index (χ0) is 6.69. The van der Waals surface area contributed by atoms with E-state index in [0.29, 0.717) is 0 Å². The molecule has 0 saturated carbocycles. The molecule has 2 nitrogen and oxygen atoms in total. The Morgan fingerprint density at radius 1 is 1.89 bits per heavy atom. The Morgan fingerprint density at radius 2 is 2.67 bits per heavy atom. The monoisotopic (exact) mass is 122 g/mol. The van der Waals surface area contributed by atoms with E-state index < -0.39 is 0 Å². The highest BCUT2D eigenvalue weighted by Gasteiger charge is 1.91. The van der Waals surface area contributed by atoms with Crippen LogP contribution in [0.4, 0.5) is 0 Å². The van der Waals surface area contributed by atoms with Gasteiger partial charge in [-0.1, -0.05) is 13.5 Å². The van der Waals surface area contributed by atoms with E-state index in [9.17, 15) is 0 Å². The van der Waals surface area contributed by atoms with Gasteiger partial charge in [-0.15, -0.1) is 0 Å². The van der Waals surface area contributed by atoms with Crippen molar-refractivity contribution in [1.29, 1.82) is 0 Å². The quantitative estimate of drug-likeness (QED) is 0.582. The van der Waals surface area contributed by atoms with Crippen molar-refractivity contribution in [3.8, 4) is 0 Å². The van der Waals surface area contributed by atoms with Crippen molar-refractivity contribution in [3.63, 3.8) is 0 Å². The molecular formula is C7H10N2. The molecule has 0 fully saturated rings. The first kappa shape index (κ1) is 6.08. The Bertz CT molecular complexity index is 200. The molecule has 0 radical (unpaired) electrons. The van der Waals surface area contributed by atoms with Crippen LogP contribution in [0.15, 0.2) is 19.1 Å². The second kappa shape index (κ2) is 2.49. The largest absolute Gasteiger partial charge is 0.311 e. The first-order chi connectivity index (χ1) is 4.38. The summed E-state index contributed by atoms with van der Waals surface area (Å²) in [6, 6.07) is 0. The smallest absolute Gasteiger partial charge is 0.0989 e. The Balaban J connectivity index is 2.98. The van der Waals surface area contributed by atoms with E-state index in [1.807, 2.05) is 10.8 Å². The third-order valence-corrected chi connectivity index (χ3v) is 1.31. The van der Waals surface area contributed by atoms with Crippen molar-refractivity contribution in [2.45, 2.75) is 13.3 Å². The van der Waals surface area contributed by atoms with Crippen LogP contribution in [-0.4, -0.2) is 9.55 Å². The zero-order valence-electron chi connectivity index (χ0n) is 5.54. The molecule has 0 aliphatic heterocycles. The molecule has 0 spiro atoms. The minimum Gasteiger partial charge on any atom is -0.311 e. The summed E-state index contributed by atoms with van der Waals surface area (Å²) in [4.78, 5) is 3.96. The van der Waals surface area contributed by atoms with Crippen LogP contribution in [0, 0.1) is 0 Å². The van der Waals surface area contributed by atoms with Crippen molar-refractivity contribution in [3.05, 3.63) is 24.8 Å². The molecule has 0 unspecified atom stereocenters. The van der Waals surface area contributed by atoms with E-state index in [2.05, 4.69) is 18.5 Å². The maximum atomic E-state index is 3.96. The van der Waals surface area contributed by atoms with Gasteiger partial charge in [-0.05, 0) is 6.42 Å². The van der Waals surface area contributed by atoms with Gasteiger partial charge in [0.05, 0.1) is 6.33 Å². The van der Waals surface area contributed by atoms with Crippen molar-refractivity contribution in [1.82, 2.24) is 9.55 Å². The summed E-state index contributed by atoms with van der Waals surface area (Å²) in [6.45, 7) is 5.73. The Kier molecular flexibility index (Phi) is 1.68. The van der Waals surface area contributed by atoms with E-state index >= 15 is 0 Å². The first-order valence-electron chi connectivity index (χ1n) is 3.01. The fourth-order valence-corrected chi connectivity index (χ4v) is 0.770. The van der Waals surface area contributed by atoms with Crippen molar-refractivity contribution in [2.24, 2.45) is 0 Å². The lowest BCUT2D eigenvalue weighted by Gasteiger charge is -1.94. The lowest BCUT2D eigenvalue weighted by molar-refractivity contribution is 0.978. The summed E-state index contributed by atoms with van der Waals surface area (Å²) < 4.78 is 1.92. The predicted molar refractivity (Wildman–Crippen MR) is 38.0 cm³/mol. The van der Waals surface area contributed by atoms with Gasteiger partial charge < -0.3 is 4.57 Å². The van der Waals surface area contributed by atoms with Crippen LogP contribution in [0.2, 0.25) is 0 Å². The highest BCUT2D eigenvalue weighted by Crippen LogP contribution is 1.98. The second-order valence-corrected chi connectivity index (χ2v) is 1.83. The van der Waals surface area contributed by atoms with E-state index in [1.165, 1.54) is 5.69 Å². The molecule has 0 atom stereocenters. The van der Waals surface area contributed by atoms with Crippen molar-refractivity contribution < 1.29 is 0 Å². The third-order valence-electron chi connectivity index (χ3n) is 1.31. The molecule has 0 aliphatic rings. The topological polar surface area (TPSA) is 17.8 Å². The summed E-state index contributed by atoms with van der Waals surface area (Å²) in [5, 5.41) is 0. The molecule has 0 saturated heterocycles. The predicted octanol–water partition coefficient (Wildman–Crippen LogP) is 1.55. The number of aromatic nitrogens is 2. The minimum atomic E-state index is 1.01. The standard InChI is InChI=1S/C7H10N2/c1-3-7-5-8-6-9(7)4-2/h4-6H,2-3H2,1H3. The lowest BCUT2D eigenvalue weighted by Crippen LogP contribution is -1.88. The Labute approximate surface area is 54.8 Å². The molecule has 0 amide bonds. The number of hydrogen-bond donors (Lipinski definition) is 0. The van der Waals surface area contributed by atoms with Crippen LogP contribution in [0.5, 0.6) is 0 Å². The average Bonchev–Trinajstić information content (AvgIpc) is 2.33. The van der Waals surface area contributed by atoms with E-state index in [-0.39, 0.29) is 0 Å². The van der Waals surface area contributed by atoms with Crippen molar-refractivity contribution >= 4 is 6.20 Å². The normalized spacial score (nSPS) is 9.44. The van der Waals surface area contributed by atoms with Crippen LogP contribution >= 0.6 is 0 Å². The number of imidazole rings is 1. The van der Waals surface area contributed by atoms with E-state index in [4.69, 9.17) is 0 Å². The molecule has 1 rings (SSSR count). The Hall–Kier alpha value is -1.05. The lowest BCUT2D eigenvalue weighted by atomic mass is 10.4. The van der Waals surface area contributed by atoms with Gasteiger partial charge in [-0.3, -0.25) is 0 Å². The summed E-state index contributed by atoms with van der Waals surface area (Å²) in [7, 11) is 0. The zero-order valence-corrected chi connectivity index (χ0v) is 5.54. The van der Waals surface area contributed by atoms with Gasteiger partial charge in [0.2, 0.25) is 0 Å². The van der Waals surface area contributed by atoms with Gasteiger partial charge in [0.1, 0.15) is 0 Å². The van der Waals surface area contributed by atoms with Crippen LogP contribution < -0.4 is 0 Å². The van der Waals surface area contributed by atoms with Gasteiger partial charge in [0.15, 0.2) is 0 Å². The Morgan fingerprint density at radius 3 is 3.11 bits per heavy atom. The highest BCUT2D eigenvalue weighted by atomic mass is 15.0. The average molecular weight is 122 g/mol. The fourth-order valence-electron chi connectivity index (χ4n) is 0.770. The molecule has 0 bridgehead atoms. The maximum absolute atomic E-state index is 3.96. The number of hydrogen-bond acceptors (Lipinski definition) is 1. The van der Waals surface area contributed by atoms with Gasteiger partial charge in [0, 0.05) is 18.1 Å². The summed E-state index contributed by atoms with van der Waals surface area (Å²) in [6.07, 6.45) is 6.37. The molecule has 1 heterocycles. The van der Waals surface area contributed by atoms with Crippen LogP contribution in [-0.2, 0) is 6.42 Å². The van der Waals surface area contributed by atoms with Gasteiger partial charge in [0.25, 0.3) is 0 Å². The van der Waals surface area contributed by atoms with Gasteiger partial charge in [-0.2, -0.15) is 0 Å². The molecule has 9 heavy (non-hydrogen) atoms. The molecule has 0 N–H and O–H groups in total. The summed E-state index contributed by atoms with van der Waals surface area (Å²) in [5.74, 6) is 0. The first-order valence-corrected chi connectivity index (χ1v) is 3.01. The van der Waals surface area contributed by atoms with Crippen LogP contribution in [0.25, 0.3) is 6.20 Å².